The van der Waals surface area contributed by atoms with Crippen molar-refractivity contribution in [2.24, 2.45) is 5.73 Å². The second-order valence-corrected chi connectivity index (χ2v) is 11.4. The quantitative estimate of drug-likeness (QED) is 0.192. The average Bonchev–Trinajstić information content (AvgIpc) is 2.92. The van der Waals surface area contributed by atoms with Crippen molar-refractivity contribution in [1.29, 1.82) is 0 Å². The Morgan fingerprint density at radius 2 is 1.55 bits per heavy atom. The van der Waals surface area contributed by atoms with Crippen LogP contribution >= 0.6 is 0 Å². The fourth-order valence-corrected chi connectivity index (χ4v) is 4.06. The highest BCUT2D eigenvalue weighted by Gasteiger charge is 2.17. The topological polar surface area (TPSA) is 92.9 Å². The number of ether oxygens (including phenoxy) is 1. The number of nitrogens with zero attached hydrogens (tertiary/aromatic N) is 1. The summed E-state index contributed by atoms with van der Waals surface area (Å²) < 4.78 is 33.4. The summed E-state index contributed by atoms with van der Waals surface area (Å²) in [5, 5.41) is 9.31. The van der Waals surface area contributed by atoms with Crippen molar-refractivity contribution < 1.29 is 28.2 Å². The molecule has 0 aromatic heterocycles. The lowest BCUT2D eigenvalue weighted by Crippen LogP contribution is -2.33. The Balaban J connectivity index is 0.00000113. The maximum atomic E-state index is 14.3. The van der Waals surface area contributed by atoms with E-state index in [1.807, 2.05) is 20.8 Å². The maximum Gasteiger partial charge on any atom is 0.336 e. The first-order valence-corrected chi connectivity index (χ1v) is 14.4. The molecule has 0 aliphatic heterocycles. The number of benzene rings is 3. The van der Waals surface area contributed by atoms with Crippen LogP contribution in [-0.4, -0.2) is 34.0 Å². The van der Waals surface area contributed by atoms with E-state index in [2.05, 4.69) is 6.92 Å². The molecule has 3 aromatic rings. The van der Waals surface area contributed by atoms with Crippen LogP contribution in [0.5, 0.6) is 5.75 Å². The van der Waals surface area contributed by atoms with Crippen molar-refractivity contribution in [3.05, 3.63) is 101 Å². The van der Waals surface area contributed by atoms with Crippen molar-refractivity contribution in [2.75, 3.05) is 6.54 Å². The van der Waals surface area contributed by atoms with Gasteiger partial charge in [-0.15, -0.1) is 0 Å². The van der Waals surface area contributed by atoms with Crippen LogP contribution in [0.15, 0.2) is 66.7 Å². The number of aromatic carboxylic acids is 1. The van der Waals surface area contributed by atoms with Crippen LogP contribution in [0.2, 0.25) is 0 Å². The fourth-order valence-electron chi connectivity index (χ4n) is 4.06. The zero-order valence-corrected chi connectivity index (χ0v) is 25.2. The predicted octanol–water partition coefficient (Wildman–Crippen LogP) is 7.53. The van der Waals surface area contributed by atoms with Gasteiger partial charge < -0.3 is 20.5 Å². The number of carbonyl (C=O) groups excluding carboxylic acids is 1. The van der Waals surface area contributed by atoms with Crippen molar-refractivity contribution in [2.45, 2.75) is 84.9 Å². The van der Waals surface area contributed by atoms with Crippen molar-refractivity contribution in [1.82, 2.24) is 4.90 Å². The number of rotatable bonds is 14. The van der Waals surface area contributed by atoms with Crippen LogP contribution in [0.3, 0.4) is 0 Å². The Hall–Kier alpha value is -3.78. The molecule has 0 saturated heterocycles. The number of hydrogen-bond donors (Lipinski definition) is 2. The predicted molar refractivity (Wildman–Crippen MR) is 162 cm³/mol. The van der Waals surface area contributed by atoms with E-state index in [4.69, 9.17) is 10.5 Å². The lowest BCUT2D eigenvalue weighted by atomic mass is 10.1. The van der Waals surface area contributed by atoms with Gasteiger partial charge in [-0.3, -0.25) is 4.79 Å². The van der Waals surface area contributed by atoms with Gasteiger partial charge in [0.05, 0.1) is 12.0 Å². The summed E-state index contributed by atoms with van der Waals surface area (Å²) >= 11 is 0. The number of unbranched alkanes of at least 4 members (excludes halogenated alkanes) is 4. The Morgan fingerprint density at radius 1 is 0.905 bits per heavy atom. The molecule has 6 nitrogen and oxygen atoms in total. The third kappa shape index (κ3) is 13.3. The Bertz CT molecular complexity index is 1270. The van der Waals surface area contributed by atoms with Gasteiger partial charge in [-0.05, 0) is 57.0 Å². The molecule has 228 valence electrons. The maximum absolute atomic E-state index is 14.3. The summed E-state index contributed by atoms with van der Waals surface area (Å²) in [6.45, 7) is 8.73. The van der Waals surface area contributed by atoms with Crippen LogP contribution in [0.4, 0.5) is 8.78 Å². The molecule has 8 heteroatoms. The van der Waals surface area contributed by atoms with Crippen LogP contribution in [0.1, 0.15) is 86.8 Å². The number of amides is 1. The summed E-state index contributed by atoms with van der Waals surface area (Å²) in [6, 6.07) is 17.1. The Kier molecular flexibility index (Phi) is 14.1. The summed E-state index contributed by atoms with van der Waals surface area (Å²) in [7, 11) is 0. The van der Waals surface area contributed by atoms with Crippen molar-refractivity contribution in [3.63, 3.8) is 0 Å². The zero-order valence-electron chi connectivity index (χ0n) is 25.2. The molecule has 0 saturated carbocycles. The minimum atomic E-state index is -1.01. The van der Waals surface area contributed by atoms with Gasteiger partial charge in [0.1, 0.15) is 24.0 Å². The van der Waals surface area contributed by atoms with E-state index in [1.54, 1.807) is 47.4 Å². The van der Waals surface area contributed by atoms with Crippen molar-refractivity contribution in [3.8, 4) is 5.75 Å². The molecule has 0 fully saturated rings. The van der Waals surface area contributed by atoms with Crippen LogP contribution in [0, 0.1) is 11.6 Å². The first kappa shape index (κ1) is 34.4. The van der Waals surface area contributed by atoms with Gasteiger partial charge in [-0.1, -0.05) is 69.0 Å². The second kappa shape index (κ2) is 17.2. The molecular formula is C34H44F2N2O4. The van der Waals surface area contributed by atoms with E-state index in [0.717, 1.165) is 43.7 Å². The van der Waals surface area contributed by atoms with Gasteiger partial charge in [-0.25, -0.2) is 13.6 Å². The largest absolute Gasteiger partial charge is 0.489 e. The molecular weight excluding hydrogens is 538 g/mol. The molecule has 0 atom stereocenters. The summed E-state index contributed by atoms with van der Waals surface area (Å²) in [6.07, 6.45) is 5.29. The number of nitrogens with two attached hydrogens (primary N) is 1. The molecule has 0 aliphatic rings. The van der Waals surface area contributed by atoms with Gasteiger partial charge in [-0.2, -0.15) is 0 Å². The minimum Gasteiger partial charge on any atom is -0.489 e. The highest BCUT2D eigenvalue weighted by molar-refractivity contribution is 5.89. The standard InChI is InChI=1S/C30H33F2NO4.C4H11N/c1-2-3-4-5-8-17-33(20-23-13-14-25(31)19-28(23)32)29(34)18-22-11-15-26(16-12-22)37-21-24-9-6-7-10-27(24)30(35)36;1-4(2,3)5/h6-7,9-16,19H,2-5,8,17-18,20-21H2,1H3,(H,35,36);5H2,1-3H3. The second-order valence-electron chi connectivity index (χ2n) is 11.4. The van der Waals surface area contributed by atoms with Crippen LogP contribution in [0.25, 0.3) is 0 Å². The van der Waals surface area contributed by atoms with Crippen molar-refractivity contribution >= 4 is 11.9 Å². The summed E-state index contributed by atoms with van der Waals surface area (Å²) in [5.41, 5.74) is 7.17. The summed E-state index contributed by atoms with van der Waals surface area (Å²) in [5.74, 6) is -1.90. The molecule has 3 aromatic carbocycles. The lowest BCUT2D eigenvalue weighted by molar-refractivity contribution is -0.131. The van der Waals surface area contributed by atoms with Crippen LogP contribution < -0.4 is 10.5 Å². The molecule has 0 unspecified atom stereocenters. The highest BCUT2D eigenvalue weighted by Crippen LogP contribution is 2.19. The SMILES string of the molecule is CC(C)(C)N.CCCCCCCN(Cc1ccc(F)cc1F)C(=O)Cc1ccc(OCc2ccccc2C(=O)O)cc1. The van der Waals surface area contributed by atoms with E-state index in [0.29, 0.717) is 17.9 Å². The highest BCUT2D eigenvalue weighted by atomic mass is 19.1. The summed E-state index contributed by atoms with van der Waals surface area (Å²) in [4.78, 5) is 26.2. The van der Waals surface area contributed by atoms with Gasteiger partial charge in [0.25, 0.3) is 0 Å². The fraction of sp³-hybridized carbons (Fsp3) is 0.412. The molecule has 3 rings (SSSR count). The number of carboxylic acids is 1. The number of hydrogen-bond acceptors (Lipinski definition) is 4. The third-order valence-electron chi connectivity index (χ3n) is 6.18. The van der Waals surface area contributed by atoms with Gasteiger partial charge >= 0.3 is 5.97 Å². The molecule has 0 spiro atoms. The molecule has 0 bridgehead atoms. The number of carbonyl (C=O) groups is 2. The molecule has 0 radical (unpaired) electrons. The van der Waals surface area contributed by atoms with E-state index >= 15 is 0 Å². The lowest BCUT2D eigenvalue weighted by Gasteiger charge is -2.23. The third-order valence-corrected chi connectivity index (χ3v) is 6.18. The van der Waals surface area contributed by atoms with E-state index in [1.165, 1.54) is 18.2 Å². The van der Waals surface area contributed by atoms with Gasteiger partial charge in [0.2, 0.25) is 5.91 Å². The average molecular weight is 583 g/mol. The molecule has 0 aliphatic carbocycles. The molecule has 1 amide bonds. The van der Waals surface area contributed by atoms with Crippen LogP contribution in [-0.2, 0) is 24.4 Å². The minimum absolute atomic E-state index is 0. The van der Waals surface area contributed by atoms with E-state index in [9.17, 15) is 23.5 Å². The Morgan fingerprint density at radius 3 is 2.17 bits per heavy atom. The first-order valence-electron chi connectivity index (χ1n) is 14.4. The van der Waals surface area contributed by atoms with Gasteiger partial charge in [0.15, 0.2) is 0 Å². The Labute approximate surface area is 248 Å². The number of carboxylic acid groups (broad SMARTS) is 1. The molecule has 42 heavy (non-hydrogen) atoms. The molecule has 0 heterocycles. The van der Waals surface area contributed by atoms with E-state index in [-0.39, 0.29) is 42.1 Å². The monoisotopic (exact) mass is 582 g/mol. The smallest absolute Gasteiger partial charge is 0.336 e. The van der Waals surface area contributed by atoms with Gasteiger partial charge in [0, 0.05) is 35.8 Å². The molecule has 3 N–H and O–H groups in total. The van der Waals surface area contributed by atoms with E-state index < -0.39 is 17.6 Å². The normalized spacial score (nSPS) is 10.9. The first-order chi connectivity index (χ1) is 19.9. The zero-order chi connectivity index (χ0) is 31.1. The number of halogens is 2.